The van der Waals surface area contributed by atoms with Gasteiger partial charge >= 0.3 is 12.0 Å². The number of aromatic nitrogens is 2. The van der Waals surface area contributed by atoms with Gasteiger partial charge in [0.25, 0.3) is 0 Å². The highest BCUT2D eigenvalue weighted by molar-refractivity contribution is 6.30. The van der Waals surface area contributed by atoms with E-state index in [-0.39, 0.29) is 18.4 Å². The van der Waals surface area contributed by atoms with Crippen molar-refractivity contribution < 1.29 is 14.7 Å². The molecule has 0 atom stereocenters. The number of carboxylic acids is 1. The van der Waals surface area contributed by atoms with Crippen molar-refractivity contribution in [2.75, 3.05) is 11.9 Å². The summed E-state index contributed by atoms with van der Waals surface area (Å²) in [4.78, 5) is 22.5. The van der Waals surface area contributed by atoms with Gasteiger partial charge in [-0.3, -0.25) is 10.1 Å². The number of hydrogen-bond donors (Lipinski definition) is 3. The summed E-state index contributed by atoms with van der Waals surface area (Å²) in [5.41, 5.74) is 1.30. The lowest BCUT2D eigenvalue weighted by Crippen LogP contribution is -2.31. The number of aliphatic carboxylic acids is 1. The highest BCUT2D eigenvalue weighted by atomic mass is 35.5. The normalized spacial score (nSPS) is 11.2. The van der Waals surface area contributed by atoms with E-state index in [0.717, 1.165) is 5.69 Å². The number of rotatable bonds is 5. The molecule has 0 spiro atoms. The first-order valence-corrected chi connectivity index (χ1v) is 8.18. The number of hydrogen-bond acceptors (Lipinski definition) is 3. The number of anilines is 1. The van der Waals surface area contributed by atoms with Gasteiger partial charge < -0.3 is 10.4 Å². The Hall–Kier alpha value is -2.54. The Morgan fingerprint density at radius 1 is 1.28 bits per heavy atom. The van der Waals surface area contributed by atoms with E-state index in [1.165, 1.54) is 0 Å². The number of nitrogens with one attached hydrogen (secondary N) is 2. The predicted molar refractivity (Wildman–Crippen MR) is 96.5 cm³/mol. The summed E-state index contributed by atoms with van der Waals surface area (Å²) in [6.45, 7) is 6.11. The lowest BCUT2D eigenvalue weighted by Gasteiger charge is -2.14. The molecule has 25 heavy (non-hydrogen) atoms. The second-order valence-corrected chi connectivity index (χ2v) is 7.02. The molecular formula is C17H21ClN4O3. The van der Waals surface area contributed by atoms with Crippen LogP contribution in [-0.2, 0) is 10.2 Å². The maximum absolute atomic E-state index is 12.0. The van der Waals surface area contributed by atoms with E-state index in [1.54, 1.807) is 28.9 Å². The quantitative estimate of drug-likeness (QED) is 0.757. The third kappa shape index (κ3) is 5.22. The van der Waals surface area contributed by atoms with Gasteiger partial charge in [-0.2, -0.15) is 5.10 Å². The number of carbonyl (C=O) groups excluding carboxylic acids is 1. The number of halogens is 1. The van der Waals surface area contributed by atoms with E-state index in [2.05, 4.69) is 15.7 Å². The Morgan fingerprint density at radius 3 is 2.60 bits per heavy atom. The molecule has 0 bridgehead atoms. The summed E-state index contributed by atoms with van der Waals surface area (Å²) in [5.74, 6) is -0.501. The van der Waals surface area contributed by atoms with Crippen LogP contribution in [0.2, 0.25) is 5.02 Å². The van der Waals surface area contributed by atoms with Crippen LogP contribution in [0.3, 0.4) is 0 Å². The molecule has 0 fully saturated rings. The van der Waals surface area contributed by atoms with Crippen molar-refractivity contribution in [1.29, 1.82) is 0 Å². The SMILES string of the molecule is CC(C)(C)c1cc(NC(=O)NCCC(=O)O)n(-c2cccc(Cl)c2)n1. The number of nitrogens with zero attached hydrogens (tertiary/aromatic N) is 2. The molecule has 0 aliphatic carbocycles. The zero-order chi connectivity index (χ0) is 18.6. The van der Waals surface area contributed by atoms with Gasteiger partial charge in [-0.1, -0.05) is 38.4 Å². The molecule has 8 heteroatoms. The van der Waals surface area contributed by atoms with E-state index < -0.39 is 12.0 Å². The average molecular weight is 365 g/mol. The first-order valence-electron chi connectivity index (χ1n) is 7.80. The summed E-state index contributed by atoms with van der Waals surface area (Å²) in [6.07, 6.45) is -0.145. The minimum absolute atomic E-state index is 0.0403. The molecule has 134 valence electrons. The van der Waals surface area contributed by atoms with E-state index in [9.17, 15) is 9.59 Å². The van der Waals surface area contributed by atoms with Gasteiger partial charge in [0.2, 0.25) is 0 Å². The van der Waals surface area contributed by atoms with Gasteiger partial charge in [-0.15, -0.1) is 0 Å². The summed E-state index contributed by atoms with van der Waals surface area (Å²) >= 11 is 6.05. The van der Waals surface area contributed by atoms with Crippen LogP contribution in [0.25, 0.3) is 5.69 Å². The molecule has 2 rings (SSSR count). The molecule has 0 aliphatic rings. The van der Waals surface area contributed by atoms with E-state index in [1.807, 2.05) is 26.8 Å². The van der Waals surface area contributed by atoms with Crippen LogP contribution in [0.5, 0.6) is 0 Å². The van der Waals surface area contributed by atoms with Crippen LogP contribution in [0.1, 0.15) is 32.9 Å². The standard InChI is InChI=1S/C17H21ClN4O3/c1-17(2,3)13-10-14(20-16(25)19-8-7-15(23)24)22(21-13)12-6-4-5-11(18)9-12/h4-6,9-10H,7-8H2,1-3H3,(H,23,24)(H2,19,20,25). The molecule has 7 nitrogen and oxygen atoms in total. The Balaban J connectivity index is 2.27. The van der Waals surface area contributed by atoms with Crippen molar-refractivity contribution in [3.63, 3.8) is 0 Å². The zero-order valence-electron chi connectivity index (χ0n) is 14.3. The van der Waals surface area contributed by atoms with E-state index >= 15 is 0 Å². The minimum Gasteiger partial charge on any atom is -0.481 e. The topological polar surface area (TPSA) is 96.3 Å². The number of carbonyl (C=O) groups is 2. The first-order chi connectivity index (χ1) is 11.7. The molecule has 2 amide bonds. The van der Waals surface area contributed by atoms with Gasteiger partial charge in [0, 0.05) is 23.0 Å². The van der Waals surface area contributed by atoms with Crippen molar-refractivity contribution in [1.82, 2.24) is 15.1 Å². The van der Waals surface area contributed by atoms with Crippen molar-refractivity contribution in [3.05, 3.63) is 41.0 Å². The number of carboxylic acid groups (broad SMARTS) is 1. The Morgan fingerprint density at radius 2 is 2.00 bits per heavy atom. The Labute approximate surface area is 151 Å². The largest absolute Gasteiger partial charge is 0.481 e. The maximum Gasteiger partial charge on any atom is 0.320 e. The van der Waals surface area contributed by atoms with E-state index in [4.69, 9.17) is 16.7 Å². The molecule has 0 aliphatic heterocycles. The second-order valence-electron chi connectivity index (χ2n) is 6.58. The zero-order valence-corrected chi connectivity index (χ0v) is 15.1. The van der Waals surface area contributed by atoms with Crippen LogP contribution < -0.4 is 10.6 Å². The molecule has 1 aromatic heterocycles. The van der Waals surface area contributed by atoms with Crippen LogP contribution in [0.15, 0.2) is 30.3 Å². The molecule has 0 radical (unpaired) electrons. The van der Waals surface area contributed by atoms with Gasteiger partial charge in [-0.25, -0.2) is 9.48 Å². The van der Waals surface area contributed by atoms with Crippen molar-refractivity contribution >= 4 is 29.4 Å². The first kappa shape index (κ1) is 18.8. The molecule has 0 unspecified atom stereocenters. The van der Waals surface area contributed by atoms with Crippen molar-refractivity contribution in [2.45, 2.75) is 32.6 Å². The minimum atomic E-state index is -0.973. The molecule has 3 N–H and O–H groups in total. The Bertz CT molecular complexity index is 780. The molecule has 1 aromatic carbocycles. The fourth-order valence-electron chi connectivity index (χ4n) is 2.08. The van der Waals surface area contributed by atoms with Crippen molar-refractivity contribution in [2.24, 2.45) is 0 Å². The van der Waals surface area contributed by atoms with Gasteiger partial charge in [0.15, 0.2) is 0 Å². The lowest BCUT2D eigenvalue weighted by molar-refractivity contribution is -0.136. The fourth-order valence-corrected chi connectivity index (χ4v) is 2.27. The number of benzene rings is 1. The second kappa shape index (κ2) is 7.57. The molecule has 1 heterocycles. The molecule has 2 aromatic rings. The smallest absolute Gasteiger partial charge is 0.320 e. The summed E-state index contributed by atoms with van der Waals surface area (Å²) < 4.78 is 1.60. The predicted octanol–water partition coefficient (Wildman–Crippen LogP) is 3.42. The highest BCUT2D eigenvalue weighted by Gasteiger charge is 2.21. The van der Waals surface area contributed by atoms with Crippen LogP contribution in [0, 0.1) is 0 Å². The maximum atomic E-state index is 12.0. The summed E-state index contributed by atoms with van der Waals surface area (Å²) in [6, 6.07) is 8.42. The van der Waals surface area contributed by atoms with E-state index in [0.29, 0.717) is 16.5 Å². The van der Waals surface area contributed by atoms with Crippen molar-refractivity contribution in [3.8, 4) is 5.69 Å². The molecule has 0 saturated heterocycles. The lowest BCUT2D eigenvalue weighted by atomic mass is 9.92. The number of amides is 2. The Kier molecular flexibility index (Phi) is 5.69. The van der Waals surface area contributed by atoms with Crippen LogP contribution in [0.4, 0.5) is 10.6 Å². The van der Waals surface area contributed by atoms with Gasteiger partial charge in [0.05, 0.1) is 17.8 Å². The summed E-state index contributed by atoms with van der Waals surface area (Å²) in [5, 5.41) is 19.0. The van der Waals surface area contributed by atoms with Gasteiger partial charge in [0.1, 0.15) is 5.82 Å². The average Bonchev–Trinajstić information content (AvgIpc) is 2.90. The van der Waals surface area contributed by atoms with Crippen LogP contribution >= 0.6 is 11.6 Å². The van der Waals surface area contributed by atoms with Crippen LogP contribution in [-0.4, -0.2) is 33.4 Å². The molecular weight excluding hydrogens is 344 g/mol. The third-order valence-electron chi connectivity index (χ3n) is 3.40. The highest BCUT2D eigenvalue weighted by Crippen LogP contribution is 2.27. The number of urea groups is 1. The third-order valence-corrected chi connectivity index (χ3v) is 3.63. The monoisotopic (exact) mass is 364 g/mol. The fraction of sp³-hybridized carbons (Fsp3) is 0.353. The molecule has 0 saturated carbocycles. The summed E-state index contributed by atoms with van der Waals surface area (Å²) in [7, 11) is 0. The van der Waals surface area contributed by atoms with Gasteiger partial charge in [-0.05, 0) is 18.2 Å².